The zero-order valence-electron chi connectivity index (χ0n) is 38.2. The Morgan fingerprint density at radius 1 is 0.453 bits per heavy atom. The summed E-state index contributed by atoms with van der Waals surface area (Å²) in [6.45, 7) is -3.98. The molecule has 4 aromatic rings. The van der Waals surface area contributed by atoms with Crippen LogP contribution >= 0.6 is 0 Å². The molecule has 35 nitrogen and oxygen atoms in total. The van der Waals surface area contributed by atoms with Crippen molar-refractivity contribution in [3.8, 4) is 0 Å². The third-order valence-corrected chi connectivity index (χ3v) is 13.0. The van der Waals surface area contributed by atoms with E-state index < -0.39 is 168 Å². The van der Waals surface area contributed by atoms with Crippen molar-refractivity contribution in [2.24, 2.45) is 0 Å². The van der Waals surface area contributed by atoms with Crippen molar-refractivity contribution >= 4 is 99.7 Å². The van der Waals surface area contributed by atoms with E-state index in [1.165, 1.54) is 12.1 Å². The number of hydrogen-bond acceptors (Lipinski definition) is 31. The lowest BCUT2D eigenvalue weighted by atomic mass is 10.0. The smallest absolute Gasteiger partial charge is 0.295 e. The van der Waals surface area contributed by atoms with E-state index >= 15 is 0 Å². The van der Waals surface area contributed by atoms with Crippen molar-refractivity contribution in [3.05, 3.63) is 47.5 Å². The fraction of sp³-hybridized carbons (Fsp3) is 0.444. The van der Waals surface area contributed by atoms with E-state index in [0.29, 0.717) is 0 Å². The summed E-state index contributed by atoms with van der Waals surface area (Å²) < 4.78 is 134. The average Bonchev–Trinajstić information content (AvgIpc) is 3.32. The molecule has 4 rings (SSSR count). The van der Waals surface area contributed by atoms with Crippen LogP contribution in [0.5, 0.6) is 0 Å². The highest BCUT2D eigenvalue weighted by molar-refractivity contribution is 7.86. The third-order valence-electron chi connectivity index (χ3n) is 9.73. The monoisotopic (exact) mass is 1150 g/mol. The summed E-state index contributed by atoms with van der Waals surface area (Å²) in [5.74, 6) is -3.97. The van der Waals surface area contributed by atoms with Gasteiger partial charge in [-0.3, -0.25) is 23.6 Å². The van der Waals surface area contributed by atoms with Crippen molar-refractivity contribution < 1.29 is 103 Å². The Morgan fingerprint density at radius 3 is 1.19 bits per heavy atom. The molecule has 8 unspecified atom stereocenters. The van der Waals surface area contributed by atoms with E-state index in [2.05, 4.69) is 67.3 Å². The summed E-state index contributed by atoms with van der Waals surface area (Å²) in [4.78, 5) is 22.5. The van der Waals surface area contributed by atoms with E-state index in [9.17, 15) is 83.6 Å². The van der Waals surface area contributed by atoms with Crippen molar-refractivity contribution in [1.82, 2.24) is 35.3 Å². The second-order valence-electron chi connectivity index (χ2n) is 15.6. The summed E-state index contributed by atoms with van der Waals surface area (Å²) in [5.41, 5.74) is 4.00. The van der Waals surface area contributed by atoms with E-state index in [1.54, 1.807) is 0 Å². The molecule has 0 saturated heterocycles. The number of rotatable bonds is 31. The van der Waals surface area contributed by atoms with Crippen molar-refractivity contribution in [2.45, 2.75) is 58.6 Å². The van der Waals surface area contributed by atoms with Crippen LogP contribution in [0.4, 0.5) is 47.1 Å². The molecule has 2 aromatic heterocycles. The molecule has 0 fully saturated rings. The zero-order chi connectivity index (χ0) is 56.1. The van der Waals surface area contributed by atoms with Crippen LogP contribution in [0.25, 0.3) is 12.2 Å². The number of aliphatic hydroxyl groups excluding tert-OH is 10. The summed E-state index contributed by atoms with van der Waals surface area (Å²) >= 11 is 0. The minimum Gasteiger partial charge on any atom is -0.394 e. The topological polar surface area (TPSA) is 581 Å². The molecule has 0 spiro atoms. The molecule has 0 saturated carbocycles. The van der Waals surface area contributed by atoms with Gasteiger partial charge in [-0.1, -0.05) is 24.3 Å². The van der Waals surface area contributed by atoms with Crippen LogP contribution in [0.1, 0.15) is 11.1 Å². The summed E-state index contributed by atoms with van der Waals surface area (Å²) in [6.07, 6.45) is -13.0. The molecule has 39 heteroatoms. The maximum absolute atomic E-state index is 12.7. The molecule has 8 atom stereocenters. The van der Waals surface area contributed by atoms with Crippen LogP contribution in [0.3, 0.4) is 0 Å². The number of hydrazine groups is 1. The Balaban J connectivity index is 1.63. The first-order valence-corrected chi connectivity index (χ1v) is 27.2. The fourth-order valence-electron chi connectivity index (χ4n) is 5.92. The largest absolute Gasteiger partial charge is 0.394 e. The molecule has 0 aliphatic rings. The highest BCUT2D eigenvalue weighted by Crippen LogP contribution is 2.28. The number of nitrogens with one attached hydrogen (secondary N) is 7. The van der Waals surface area contributed by atoms with Crippen LogP contribution in [0.15, 0.2) is 46.2 Å². The molecular weight excluding hydrogens is 1090 g/mol. The van der Waals surface area contributed by atoms with Crippen molar-refractivity contribution in [3.63, 3.8) is 0 Å². The normalized spacial score (nSPS) is 15.8. The number of aliphatic hydroxyl groups is 10. The maximum Gasteiger partial charge on any atom is 0.295 e. The molecule has 2 heterocycles. The van der Waals surface area contributed by atoms with E-state index in [-0.39, 0.29) is 40.3 Å². The Labute approximate surface area is 425 Å². The quantitative estimate of drug-likeness (QED) is 0.0127. The predicted octanol–water partition coefficient (Wildman–Crippen LogP) is -5.99. The van der Waals surface area contributed by atoms with E-state index in [0.717, 1.165) is 36.4 Å². The number of hydrogen-bond donors (Lipinski definition) is 21. The molecule has 0 amide bonds. The van der Waals surface area contributed by atoms with E-state index in [4.69, 9.17) is 19.3 Å². The van der Waals surface area contributed by atoms with Crippen LogP contribution in [0.2, 0.25) is 0 Å². The predicted molar refractivity (Wildman–Crippen MR) is 260 cm³/mol. The minimum atomic E-state index is -5.12. The van der Waals surface area contributed by atoms with Gasteiger partial charge in [-0.05, 0) is 35.4 Å². The summed E-state index contributed by atoms with van der Waals surface area (Å²) in [6, 6.07) is 6.46. The van der Waals surface area contributed by atoms with Gasteiger partial charge >= 0.3 is 0 Å². The van der Waals surface area contributed by atoms with Gasteiger partial charge in [-0.2, -0.15) is 63.6 Å². The van der Waals surface area contributed by atoms with Gasteiger partial charge in [0.1, 0.15) is 46.4 Å². The van der Waals surface area contributed by atoms with Gasteiger partial charge in [0.15, 0.2) is 0 Å². The molecule has 0 aliphatic carbocycles. The second kappa shape index (κ2) is 26.8. The van der Waals surface area contributed by atoms with Crippen molar-refractivity contribution in [1.29, 1.82) is 0 Å². The Bertz CT molecular complexity index is 3060. The summed E-state index contributed by atoms with van der Waals surface area (Å²) in [5, 5.41) is 111. The lowest BCUT2D eigenvalue weighted by molar-refractivity contribution is -0.113. The minimum absolute atomic E-state index is 0.142. The molecule has 21 N–H and O–H groups in total. The first-order valence-electron chi connectivity index (χ1n) is 21.1. The van der Waals surface area contributed by atoms with Crippen LogP contribution < -0.4 is 37.4 Å². The molecule has 0 bridgehead atoms. The Hall–Kier alpha value is -5.80. The third kappa shape index (κ3) is 20.0. The molecule has 0 aliphatic heterocycles. The number of aromatic nitrogens is 6. The van der Waals surface area contributed by atoms with Gasteiger partial charge in [0, 0.05) is 37.6 Å². The standard InChI is InChI=1S/C36H53N13O22S4/c50-15-23(54)29(58)27(56)21(52)13-39-33-43-31(37-7-9-72(60,61)62)44-34(46-33)41-19-5-3-17(25(11-19)74(66,67)68)1-2-18-4-6-20(12-26(18)75(69,70)71)42-35-45-32(38-8-10-73(63,64)65)47-36(48-35)49-40-14-22(53)28(57)30(59)24(55)16-51/h1-6,11-12,21-24,27-30,40,50-59H,7-10,13-16H2,(H,60,61,62)(H,63,64,65)(H,66,67,68)(H,69,70,71)(H3,37,39,41,43,44,46)(H3,38,42,45,47,48,49). The van der Waals surface area contributed by atoms with Gasteiger partial charge in [-0.25, -0.2) is 5.43 Å². The molecule has 0 radical (unpaired) electrons. The van der Waals surface area contributed by atoms with Gasteiger partial charge in [-0.15, -0.1) is 0 Å². The first kappa shape index (κ1) is 61.7. The van der Waals surface area contributed by atoms with Crippen molar-refractivity contribution in [2.75, 3.05) is 82.9 Å². The van der Waals surface area contributed by atoms with Gasteiger partial charge in [0.2, 0.25) is 35.7 Å². The molecular formula is C36H53N13O22S4. The number of anilines is 8. The van der Waals surface area contributed by atoms with Gasteiger partial charge < -0.3 is 77.6 Å². The Kier molecular flexibility index (Phi) is 22.1. The van der Waals surface area contributed by atoms with Crippen LogP contribution in [-0.2, 0) is 40.5 Å². The average molecular weight is 1150 g/mol. The zero-order valence-corrected chi connectivity index (χ0v) is 41.5. The molecule has 2 aromatic carbocycles. The number of benzene rings is 2. The SMILES string of the molecule is O=S(=O)(O)CCNc1nc(NCC(O)C(O)C(O)C(O)CO)nc(Nc2ccc(C=Cc3ccc(Nc4nc(NCCS(=O)(=O)O)nc(NNCC(O)C(O)C(O)C(O)CO)n4)cc3S(=O)(=O)O)c(S(=O)(=O)O)c2)n1. The second-order valence-corrected chi connectivity index (χ2v) is 21.5. The molecule has 75 heavy (non-hydrogen) atoms. The highest BCUT2D eigenvalue weighted by Gasteiger charge is 2.31. The van der Waals surface area contributed by atoms with Gasteiger partial charge in [0.05, 0.1) is 36.9 Å². The van der Waals surface area contributed by atoms with Crippen LogP contribution in [0, 0.1) is 0 Å². The maximum atomic E-state index is 12.7. The van der Waals surface area contributed by atoms with Gasteiger partial charge in [0.25, 0.3) is 40.5 Å². The summed E-state index contributed by atoms with van der Waals surface area (Å²) in [7, 11) is -19.2. The fourth-order valence-corrected chi connectivity index (χ4v) is 8.06. The highest BCUT2D eigenvalue weighted by atomic mass is 32.2. The first-order chi connectivity index (χ1) is 34.9. The lowest BCUT2D eigenvalue weighted by Crippen LogP contribution is -2.49. The molecule has 418 valence electrons. The lowest BCUT2D eigenvalue weighted by Gasteiger charge is -2.25. The van der Waals surface area contributed by atoms with Crippen LogP contribution in [-0.4, -0.2) is 233 Å². The van der Waals surface area contributed by atoms with E-state index in [1.807, 2.05) is 0 Å². The Morgan fingerprint density at radius 2 is 0.800 bits per heavy atom. The number of nitrogens with zero attached hydrogens (tertiary/aromatic N) is 6.